The highest BCUT2D eigenvalue weighted by atomic mass is 32.2. The number of nitrogen functional groups attached to an aromatic ring is 1. The number of rotatable bonds is 4. The number of nitrogens with two attached hydrogens (primary N) is 1. The van der Waals surface area contributed by atoms with Gasteiger partial charge in [0.05, 0.1) is 16.7 Å². The first-order valence-electron chi connectivity index (χ1n) is 6.19. The minimum absolute atomic E-state index is 0.169. The highest BCUT2D eigenvalue weighted by Crippen LogP contribution is 2.22. The molecule has 0 atom stereocenters. The molecule has 0 bridgehead atoms. The Bertz CT molecular complexity index is 808. The van der Waals surface area contributed by atoms with Crippen LogP contribution in [0.3, 0.4) is 0 Å². The molecule has 1 aromatic carbocycles. The van der Waals surface area contributed by atoms with E-state index >= 15 is 0 Å². The zero-order valence-electron chi connectivity index (χ0n) is 12.0. The van der Waals surface area contributed by atoms with Crippen molar-refractivity contribution in [2.75, 3.05) is 4.72 Å². The van der Waals surface area contributed by atoms with Crippen LogP contribution < -0.4 is 10.5 Å². The Hall–Kier alpha value is -2.35. The number of hydrogen-bond donors (Lipinski definition) is 3. The zero-order valence-corrected chi connectivity index (χ0v) is 12.8. The molecule has 1 heterocycles. The molecule has 2 rings (SSSR count). The Balaban J connectivity index is 2.47. The maximum absolute atomic E-state index is 12.5. The molecule has 0 saturated carbocycles. The predicted molar refractivity (Wildman–Crippen MR) is 80.9 cm³/mol. The summed E-state index contributed by atoms with van der Waals surface area (Å²) in [6.07, 6.45) is 1.35. The van der Waals surface area contributed by atoms with E-state index in [0.29, 0.717) is 5.56 Å². The van der Waals surface area contributed by atoms with Gasteiger partial charge in [-0.1, -0.05) is 17.7 Å². The number of nitrogens with zero attached hydrogens (tertiary/aromatic N) is 2. The molecule has 0 unspecified atom stereocenters. The highest BCUT2D eigenvalue weighted by Gasteiger charge is 2.21. The van der Waals surface area contributed by atoms with Crippen molar-refractivity contribution < 1.29 is 8.42 Å². The van der Waals surface area contributed by atoms with Gasteiger partial charge < -0.3 is 5.73 Å². The van der Waals surface area contributed by atoms with Crippen molar-refractivity contribution in [3.63, 3.8) is 0 Å². The molecule has 2 aromatic rings. The second-order valence-corrected chi connectivity index (χ2v) is 6.47. The van der Waals surface area contributed by atoms with E-state index in [-0.39, 0.29) is 22.1 Å². The van der Waals surface area contributed by atoms with Gasteiger partial charge in [-0.15, -0.1) is 0 Å². The van der Waals surface area contributed by atoms with Gasteiger partial charge in [0, 0.05) is 7.05 Å². The van der Waals surface area contributed by atoms with Crippen LogP contribution in [0.15, 0.2) is 29.3 Å². The summed E-state index contributed by atoms with van der Waals surface area (Å²) in [5.41, 5.74) is 7.30. The molecule has 0 radical (unpaired) electrons. The SMILES string of the molecule is Cc1ccc(S(=O)(=O)Nc2c(C(=N)N)cnn2C)c(C)c1. The van der Waals surface area contributed by atoms with Gasteiger partial charge in [0.2, 0.25) is 0 Å². The molecule has 0 spiro atoms. The van der Waals surface area contributed by atoms with Crippen LogP contribution in [-0.4, -0.2) is 24.0 Å². The molecule has 0 aliphatic rings. The maximum Gasteiger partial charge on any atom is 0.263 e. The lowest BCUT2D eigenvalue weighted by Crippen LogP contribution is -2.20. The minimum atomic E-state index is -3.77. The molecule has 4 N–H and O–H groups in total. The monoisotopic (exact) mass is 307 g/mol. The fourth-order valence-corrected chi connectivity index (χ4v) is 3.38. The summed E-state index contributed by atoms with van der Waals surface area (Å²) in [5.74, 6) is -0.0797. The summed E-state index contributed by atoms with van der Waals surface area (Å²) in [6.45, 7) is 3.63. The van der Waals surface area contributed by atoms with Gasteiger partial charge in [-0.2, -0.15) is 5.10 Å². The van der Waals surface area contributed by atoms with Crippen molar-refractivity contribution in [1.82, 2.24) is 9.78 Å². The Morgan fingerprint density at radius 3 is 2.62 bits per heavy atom. The molecule has 0 aliphatic carbocycles. The van der Waals surface area contributed by atoms with Crippen molar-refractivity contribution in [2.24, 2.45) is 12.8 Å². The molecule has 8 heteroatoms. The predicted octanol–water partition coefficient (Wildman–Crippen LogP) is 1.12. The van der Waals surface area contributed by atoms with Crippen molar-refractivity contribution in [1.29, 1.82) is 5.41 Å². The number of sulfonamides is 1. The summed E-state index contributed by atoms with van der Waals surface area (Å²) in [4.78, 5) is 0.184. The maximum atomic E-state index is 12.5. The fraction of sp³-hybridized carbons (Fsp3) is 0.231. The Morgan fingerprint density at radius 1 is 1.38 bits per heavy atom. The third-order valence-corrected chi connectivity index (χ3v) is 4.58. The number of hydrogen-bond acceptors (Lipinski definition) is 4. The van der Waals surface area contributed by atoms with Gasteiger partial charge in [-0.3, -0.25) is 14.8 Å². The van der Waals surface area contributed by atoms with Crippen LogP contribution in [0, 0.1) is 19.3 Å². The molecule has 0 fully saturated rings. The normalized spacial score (nSPS) is 11.4. The topological polar surface area (TPSA) is 114 Å². The summed E-state index contributed by atoms with van der Waals surface area (Å²) < 4.78 is 28.8. The van der Waals surface area contributed by atoms with Crippen LogP contribution in [0.1, 0.15) is 16.7 Å². The van der Waals surface area contributed by atoms with Gasteiger partial charge in [-0.25, -0.2) is 8.42 Å². The molecule has 112 valence electrons. The lowest BCUT2D eigenvalue weighted by Gasteiger charge is -2.12. The van der Waals surface area contributed by atoms with E-state index in [4.69, 9.17) is 11.1 Å². The van der Waals surface area contributed by atoms with Gasteiger partial charge in [0.15, 0.2) is 0 Å². The van der Waals surface area contributed by atoms with Crippen molar-refractivity contribution >= 4 is 21.7 Å². The van der Waals surface area contributed by atoms with E-state index in [9.17, 15) is 8.42 Å². The molecule has 0 aliphatic heterocycles. The largest absolute Gasteiger partial charge is 0.384 e. The van der Waals surface area contributed by atoms with E-state index in [1.807, 2.05) is 6.92 Å². The lowest BCUT2D eigenvalue weighted by atomic mass is 10.2. The van der Waals surface area contributed by atoms with Gasteiger partial charge in [0.1, 0.15) is 11.7 Å². The molecule has 0 saturated heterocycles. The Labute approximate surface area is 123 Å². The highest BCUT2D eigenvalue weighted by molar-refractivity contribution is 7.92. The molecular formula is C13H17N5O2S. The number of benzene rings is 1. The van der Waals surface area contributed by atoms with Crippen LogP contribution in [0.4, 0.5) is 5.82 Å². The smallest absolute Gasteiger partial charge is 0.263 e. The van der Waals surface area contributed by atoms with E-state index in [2.05, 4.69) is 9.82 Å². The van der Waals surface area contributed by atoms with Crippen molar-refractivity contribution in [3.05, 3.63) is 41.1 Å². The van der Waals surface area contributed by atoms with E-state index in [1.165, 1.54) is 10.9 Å². The average molecular weight is 307 g/mol. The third-order valence-electron chi connectivity index (χ3n) is 3.08. The number of aromatic nitrogens is 2. The molecular weight excluding hydrogens is 290 g/mol. The minimum Gasteiger partial charge on any atom is -0.384 e. The standard InChI is InChI=1S/C13H17N5O2S/c1-8-4-5-11(9(2)6-8)21(19,20)17-13-10(12(14)15)7-16-18(13)3/h4-7,17H,1-3H3,(H3,14,15). The van der Waals surface area contributed by atoms with Crippen molar-refractivity contribution in [3.8, 4) is 0 Å². The number of nitrogens with one attached hydrogen (secondary N) is 2. The quantitative estimate of drug-likeness (QED) is 0.580. The Morgan fingerprint density at radius 2 is 2.05 bits per heavy atom. The van der Waals surface area contributed by atoms with Crippen molar-refractivity contribution in [2.45, 2.75) is 18.7 Å². The average Bonchev–Trinajstić information content (AvgIpc) is 2.70. The van der Waals surface area contributed by atoms with Crippen LogP contribution >= 0.6 is 0 Å². The van der Waals surface area contributed by atoms with Gasteiger partial charge in [-0.05, 0) is 25.5 Å². The van der Waals surface area contributed by atoms with E-state index in [1.54, 1.807) is 32.2 Å². The van der Waals surface area contributed by atoms with E-state index < -0.39 is 10.0 Å². The van der Waals surface area contributed by atoms with Crippen LogP contribution in [0.2, 0.25) is 0 Å². The van der Waals surface area contributed by atoms with Crippen LogP contribution in [0.5, 0.6) is 0 Å². The van der Waals surface area contributed by atoms with E-state index in [0.717, 1.165) is 5.56 Å². The molecule has 7 nitrogen and oxygen atoms in total. The zero-order chi connectivity index (χ0) is 15.8. The molecule has 1 aromatic heterocycles. The Kier molecular flexibility index (Phi) is 3.73. The summed E-state index contributed by atoms with van der Waals surface area (Å²) >= 11 is 0. The number of anilines is 1. The number of amidine groups is 1. The lowest BCUT2D eigenvalue weighted by molar-refractivity contribution is 0.599. The first kappa shape index (κ1) is 15.0. The third kappa shape index (κ3) is 2.89. The first-order chi connectivity index (χ1) is 9.72. The summed E-state index contributed by atoms with van der Waals surface area (Å²) in [5, 5.41) is 11.4. The molecule has 21 heavy (non-hydrogen) atoms. The number of aryl methyl sites for hydroxylation is 3. The first-order valence-corrected chi connectivity index (χ1v) is 7.67. The van der Waals surface area contributed by atoms with Crippen LogP contribution in [-0.2, 0) is 17.1 Å². The summed E-state index contributed by atoms with van der Waals surface area (Å²) in [7, 11) is -2.20. The van der Waals surface area contributed by atoms with Gasteiger partial charge >= 0.3 is 0 Å². The van der Waals surface area contributed by atoms with Gasteiger partial charge in [0.25, 0.3) is 10.0 Å². The fourth-order valence-electron chi connectivity index (χ4n) is 2.04. The second kappa shape index (κ2) is 5.21. The van der Waals surface area contributed by atoms with Crippen LogP contribution in [0.25, 0.3) is 0 Å². The molecule has 0 amide bonds. The summed E-state index contributed by atoms with van der Waals surface area (Å²) in [6, 6.07) is 5.08. The second-order valence-electron chi connectivity index (χ2n) is 4.82.